The third-order valence-corrected chi connectivity index (χ3v) is 13.3. The number of aliphatic imine (C=N–C) groups is 1. The summed E-state index contributed by atoms with van der Waals surface area (Å²) in [6, 6.07) is 5.16. The highest BCUT2D eigenvalue weighted by Gasteiger charge is 2.52. The summed E-state index contributed by atoms with van der Waals surface area (Å²) in [6.45, 7) is 16.3. The molecule has 332 valence electrons. The maximum absolute atomic E-state index is 14.6. The molecule has 2 bridgehead atoms. The number of carbonyl (C=O) groups is 3. The number of rotatable bonds is 8. The van der Waals surface area contributed by atoms with Crippen LogP contribution < -0.4 is 0 Å². The van der Waals surface area contributed by atoms with Crippen LogP contribution in [0.25, 0.3) is 11.5 Å². The molecule has 1 amide bonds. The van der Waals surface area contributed by atoms with Gasteiger partial charge in [0.25, 0.3) is 0 Å². The van der Waals surface area contributed by atoms with E-state index in [-0.39, 0.29) is 37.0 Å². The van der Waals surface area contributed by atoms with Crippen molar-refractivity contribution in [2.75, 3.05) is 14.1 Å². The van der Waals surface area contributed by atoms with E-state index >= 15 is 0 Å². The number of carbonyl (C=O) groups excluding carboxylic acids is 3. The summed E-state index contributed by atoms with van der Waals surface area (Å²) in [6.07, 6.45) is 1.95. The molecule has 3 aliphatic rings. The maximum atomic E-state index is 14.6. The molecule has 0 aromatic carbocycles. The smallest absolute Gasteiger partial charge is 0.316 e. The molecular weight excluding hydrogens is 771 g/mol. The Bertz CT molecular complexity index is 1830. The zero-order valence-corrected chi connectivity index (χ0v) is 37.3. The molecule has 2 N–H and O–H groups in total. The Morgan fingerprint density at radius 2 is 1.80 bits per heavy atom. The Balaban J connectivity index is 1.63. The van der Waals surface area contributed by atoms with Crippen LogP contribution in [-0.2, 0) is 40.0 Å². The van der Waals surface area contributed by atoms with Crippen LogP contribution in [0, 0.1) is 35.0 Å². The number of pyridine rings is 1. The zero-order chi connectivity index (χ0) is 44.1. The van der Waals surface area contributed by atoms with Gasteiger partial charge in [-0.15, -0.1) is 0 Å². The lowest BCUT2D eigenvalue weighted by Crippen LogP contribution is -2.57. The largest absolute Gasteiger partial charge is 0.459 e. The number of aromatic nitrogens is 2. The van der Waals surface area contributed by atoms with E-state index in [9.17, 15) is 24.6 Å². The highest BCUT2D eigenvalue weighted by Crippen LogP contribution is 2.46. The fourth-order valence-corrected chi connectivity index (χ4v) is 9.87. The molecule has 0 unspecified atom stereocenters. The second-order valence-corrected chi connectivity index (χ2v) is 18.2. The first-order valence-electron chi connectivity index (χ1n) is 21.5. The standard InChI is InChI=1S/C45H67N5O10/c1-12-37-45(9,55)33-15-14-32(49-56-24-31-13-16-34(46-23-31)36-18-20-47-60-36)17-19-44(8,22-25(2)38(27(33)4)48-30(7)51)41(28(5)39(52)29(6)42(54)58-37)59-43-40(53)35(50(10)11)21-26(3)57-43/h13,16,18,20,23,25-29,33,35,37,40-41,43,53,55H,12,14-15,17,19,21-22,24H2,1-11H3/b48-38?,49-32+/t25-,26-,27-,28+,29-,33-,35+,37-,40-,41-,43+,44-,45+/m1/s1. The minimum absolute atomic E-state index is 0.138. The zero-order valence-electron chi connectivity index (χ0n) is 37.3. The van der Waals surface area contributed by atoms with Crippen LogP contribution in [0.3, 0.4) is 0 Å². The van der Waals surface area contributed by atoms with E-state index in [1.807, 2.05) is 65.7 Å². The number of nitrogens with zero attached hydrogens (tertiary/aromatic N) is 5. The minimum atomic E-state index is -1.60. The van der Waals surface area contributed by atoms with Crippen molar-refractivity contribution in [3.05, 3.63) is 36.2 Å². The van der Waals surface area contributed by atoms with E-state index in [1.54, 1.807) is 32.3 Å². The molecule has 2 saturated heterocycles. The molecule has 4 heterocycles. The number of Topliss-reactive ketones (excluding diaryl/α,β-unsaturated/α-hetero) is 1. The second-order valence-electron chi connectivity index (χ2n) is 18.2. The molecule has 2 aromatic heterocycles. The van der Waals surface area contributed by atoms with Crippen molar-refractivity contribution in [2.45, 2.75) is 156 Å². The predicted molar refractivity (Wildman–Crippen MR) is 225 cm³/mol. The number of oxime groups is 1. The van der Waals surface area contributed by atoms with Crippen LogP contribution in [0.1, 0.15) is 113 Å². The quantitative estimate of drug-likeness (QED) is 0.174. The SMILES string of the molecule is CC[C@H]1OC(=O)[C@H](C)C(=O)[C@H](C)[C@@H](O[C@@H]2O[C@H](C)C[C@H](N(C)C)[C@H]2O)[C@]2(C)CC/C(=N/OCc3ccc(-c4ccno4)nc3)CC[C@H]([C@@H](C)C(=NC(C)=O)[C@H](C)C2)[C@]1(C)O. The maximum Gasteiger partial charge on any atom is 0.316 e. The fourth-order valence-electron chi connectivity index (χ4n) is 9.87. The molecule has 5 rings (SSSR count). The monoisotopic (exact) mass is 837 g/mol. The summed E-state index contributed by atoms with van der Waals surface area (Å²) >= 11 is 0. The molecule has 3 fully saturated rings. The van der Waals surface area contributed by atoms with Crippen molar-refractivity contribution < 1.29 is 48.2 Å². The van der Waals surface area contributed by atoms with Gasteiger partial charge in [-0.2, -0.15) is 0 Å². The summed E-state index contributed by atoms with van der Waals surface area (Å²) in [5.74, 6) is -4.34. The van der Waals surface area contributed by atoms with Crippen LogP contribution >= 0.6 is 0 Å². The van der Waals surface area contributed by atoms with Gasteiger partial charge >= 0.3 is 5.97 Å². The van der Waals surface area contributed by atoms with E-state index in [1.165, 1.54) is 13.8 Å². The number of amides is 1. The van der Waals surface area contributed by atoms with Gasteiger partial charge < -0.3 is 38.7 Å². The van der Waals surface area contributed by atoms with E-state index in [0.29, 0.717) is 55.7 Å². The van der Waals surface area contributed by atoms with Crippen molar-refractivity contribution >= 4 is 29.1 Å². The van der Waals surface area contributed by atoms with Gasteiger partial charge in [-0.25, -0.2) is 4.99 Å². The Morgan fingerprint density at radius 1 is 1.07 bits per heavy atom. The van der Waals surface area contributed by atoms with Gasteiger partial charge in [0.2, 0.25) is 5.91 Å². The summed E-state index contributed by atoms with van der Waals surface area (Å²) in [7, 11) is 3.80. The van der Waals surface area contributed by atoms with Crippen molar-refractivity contribution in [1.29, 1.82) is 0 Å². The van der Waals surface area contributed by atoms with Crippen LogP contribution in [0.4, 0.5) is 0 Å². The third-order valence-electron chi connectivity index (χ3n) is 13.3. The van der Waals surface area contributed by atoms with Crippen molar-refractivity contribution in [3.8, 4) is 11.5 Å². The molecule has 15 heteroatoms. The Morgan fingerprint density at radius 3 is 2.42 bits per heavy atom. The summed E-state index contributed by atoms with van der Waals surface area (Å²) in [4.78, 5) is 58.5. The lowest BCUT2D eigenvalue weighted by Gasteiger charge is -2.48. The molecule has 0 radical (unpaired) electrons. The number of ketones is 1. The van der Waals surface area contributed by atoms with Gasteiger partial charge in [-0.05, 0) is 103 Å². The number of hydrogen-bond acceptors (Lipinski definition) is 14. The van der Waals surface area contributed by atoms with E-state index in [4.69, 9.17) is 28.7 Å². The average molecular weight is 838 g/mol. The number of cyclic esters (lactones) is 1. The highest BCUT2D eigenvalue weighted by molar-refractivity contribution is 6.00. The number of esters is 1. The van der Waals surface area contributed by atoms with Gasteiger partial charge in [0.1, 0.15) is 36.0 Å². The average Bonchev–Trinajstić information content (AvgIpc) is 3.74. The second kappa shape index (κ2) is 19.9. The highest BCUT2D eigenvalue weighted by atomic mass is 16.7. The van der Waals surface area contributed by atoms with Gasteiger partial charge in [0.15, 0.2) is 17.8 Å². The Hall–Kier alpha value is -3.89. The first kappa shape index (κ1) is 47.2. The van der Waals surface area contributed by atoms with Crippen molar-refractivity contribution in [1.82, 2.24) is 15.0 Å². The van der Waals surface area contributed by atoms with Crippen molar-refractivity contribution in [3.63, 3.8) is 0 Å². The number of aliphatic hydroxyl groups excluding tert-OH is 1. The first-order chi connectivity index (χ1) is 28.3. The van der Waals surface area contributed by atoms with E-state index in [0.717, 1.165) is 11.3 Å². The lowest BCUT2D eigenvalue weighted by atomic mass is 9.65. The lowest BCUT2D eigenvalue weighted by molar-refractivity contribution is -0.286. The Labute approximate surface area is 354 Å². The summed E-state index contributed by atoms with van der Waals surface area (Å²) < 4.78 is 24.6. The van der Waals surface area contributed by atoms with Gasteiger partial charge in [0.05, 0.1) is 24.1 Å². The molecule has 0 spiro atoms. The third kappa shape index (κ3) is 10.8. The van der Waals surface area contributed by atoms with Crippen LogP contribution in [0.5, 0.6) is 0 Å². The van der Waals surface area contributed by atoms with Gasteiger partial charge in [-0.1, -0.05) is 51.0 Å². The van der Waals surface area contributed by atoms with Gasteiger partial charge in [0, 0.05) is 48.3 Å². The predicted octanol–water partition coefficient (Wildman–Crippen LogP) is 6.19. The van der Waals surface area contributed by atoms with Gasteiger partial charge in [-0.3, -0.25) is 19.4 Å². The molecule has 13 atom stereocenters. The number of fused-ring (bicyclic) bond motifs is 5. The fraction of sp³-hybridized carbons (Fsp3) is 0.711. The molecule has 15 nitrogen and oxygen atoms in total. The molecule has 60 heavy (non-hydrogen) atoms. The normalized spacial score (nSPS) is 37.6. The Kier molecular flexibility index (Phi) is 15.6. The molecule has 2 aliphatic heterocycles. The molecule has 1 saturated carbocycles. The number of hydrogen-bond donors (Lipinski definition) is 2. The molecule has 2 aromatic rings. The van der Waals surface area contributed by atoms with Crippen LogP contribution in [-0.4, -0.2) is 111 Å². The van der Waals surface area contributed by atoms with Crippen LogP contribution in [0.15, 0.2) is 45.3 Å². The number of ether oxygens (including phenoxy) is 3. The van der Waals surface area contributed by atoms with Crippen LogP contribution in [0.2, 0.25) is 0 Å². The number of aliphatic hydroxyl groups is 2. The van der Waals surface area contributed by atoms with Crippen molar-refractivity contribution in [2.24, 2.45) is 45.2 Å². The first-order valence-corrected chi connectivity index (χ1v) is 21.5. The van der Waals surface area contributed by atoms with E-state index < -0.39 is 71.0 Å². The molecule has 1 aliphatic carbocycles. The topological polar surface area (TPSA) is 195 Å². The summed E-state index contributed by atoms with van der Waals surface area (Å²) in [5.41, 5.74) is 0.301. The van der Waals surface area contributed by atoms with E-state index in [2.05, 4.69) is 15.1 Å². The summed E-state index contributed by atoms with van der Waals surface area (Å²) in [5, 5.41) is 32.7. The molecular formula is C45H67N5O10. The minimum Gasteiger partial charge on any atom is -0.459 e. The number of likely N-dealkylation sites (N-methyl/N-ethyl adjacent to an activating group) is 1.